The topological polar surface area (TPSA) is 28.4 Å². The van der Waals surface area contributed by atoms with Gasteiger partial charge in [-0.2, -0.15) is 0 Å². The van der Waals surface area contributed by atoms with Gasteiger partial charge in [-0.15, -0.1) is 0 Å². The fourth-order valence-electron chi connectivity index (χ4n) is 11.4. The average Bonchev–Trinajstić information content (AvgIpc) is 3.79. The van der Waals surface area contributed by atoms with Crippen molar-refractivity contribution in [3.05, 3.63) is 160 Å². The summed E-state index contributed by atoms with van der Waals surface area (Å²) in [7, 11) is 0.788. The van der Waals surface area contributed by atoms with Gasteiger partial charge in [-0.05, 0) is 168 Å². The normalized spacial score (nSPS) is 22.6. The first-order valence-electron chi connectivity index (χ1n) is 26.4. The van der Waals surface area contributed by atoms with Gasteiger partial charge >= 0.3 is 0 Å². The molecule has 0 bridgehead atoms. The van der Waals surface area contributed by atoms with Gasteiger partial charge in [0.25, 0.3) is 0 Å². The van der Waals surface area contributed by atoms with Crippen LogP contribution in [0.5, 0.6) is 0 Å². The highest BCUT2D eigenvalue weighted by Crippen LogP contribution is 2.49. The molecule has 3 nitrogen and oxygen atoms in total. The fraction of sp³-hybridized carbons (Fsp3) is 0.500. The zero-order chi connectivity index (χ0) is 50.2. The summed E-state index contributed by atoms with van der Waals surface area (Å²) in [4.78, 5) is 2.55. The monoisotopic (exact) mass is 940 g/mol. The van der Waals surface area contributed by atoms with Crippen molar-refractivity contribution in [2.24, 2.45) is 21.7 Å². The zero-order valence-electron chi connectivity index (χ0n) is 45.9. The van der Waals surface area contributed by atoms with E-state index in [9.17, 15) is 0 Å². The molecule has 3 aromatic rings. The summed E-state index contributed by atoms with van der Waals surface area (Å²) in [6.45, 7) is 39.0. The lowest BCUT2D eigenvalue weighted by Gasteiger charge is -2.42. The van der Waals surface area contributed by atoms with Crippen molar-refractivity contribution in [1.29, 1.82) is 0 Å². The summed E-state index contributed by atoms with van der Waals surface area (Å²) in [5, 5.41) is 6.49. The number of benzene rings is 2. The third-order valence-electron chi connectivity index (χ3n) is 16.4. The van der Waals surface area contributed by atoms with Crippen molar-refractivity contribution in [3.63, 3.8) is 0 Å². The van der Waals surface area contributed by atoms with Crippen molar-refractivity contribution in [2.75, 3.05) is 6.54 Å². The van der Waals surface area contributed by atoms with Crippen LogP contribution < -0.4 is 16.2 Å². The smallest absolute Gasteiger partial charge is 0.243 e. The van der Waals surface area contributed by atoms with E-state index in [0.717, 1.165) is 43.5 Å². The average molecular weight is 940 g/mol. The molecule has 1 fully saturated rings. The molecular formula is C64H88BN2OSi. The highest BCUT2D eigenvalue weighted by molar-refractivity contribution is 6.96. The van der Waals surface area contributed by atoms with E-state index in [1.165, 1.54) is 81.0 Å². The molecule has 0 saturated heterocycles. The van der Waals surface area contributed by atoms with E-state index in [1.807, 2.05) is 0 Å². The summed E-state index contributed by atoms with van der Waals surface area (Å²) in [5.41, 5.74) is 16.1. The maximum atomic E-state index is 6.91. The molecule has 1 radical (unpaired) electrons. The van der Waals surface area contributed by atoms with Crippen LogP contribution in [0.25, 0.3) is 16.5 Å². The van der Waals surface area contributed by atoms with Gasteiger partial charge in [0.1, 0.15) is 13.7 Å². The Balaban J connectivity index is 1.26. The second-order valence-electron chi connectivity index (χ2n) is 26.0. The van der Waals surface area contributed by atoms with Crippen molar-refractivity contribution in [3.8, 4) is 0 Å². The quantitative estimate of drug-likeness (QED) is 0.0881. The minimum Gasteiger partial charge on any atom is -0.472 e. The minimum absolute atomic E-state index is 0.0566. The van der Waals surface area contributed by atoms with Crippen molar-refractivity contribution >= 4 is 42.7 Å². The predicted octanol–water partition coefficient (Wildman–Crippen LogP) is 16.2. The summed E-state index contributed by atoms with van der Waals surface area (Å²) in [5.74, 6) is 0. The number of nitrogens with zero attached hydrogens (tertiary/aromatic N) is 1. The number of hydrogen-bond donors (Lipinski definition) is 1. The van der Waals surface area contributed by atoms with Crippen LogP contribution in [0.1, 0.15) is 165 Å². The Morgan fingerprint density at radius 1 is 0.855 bits per heavy atom. The molecule has 367 valence electrons. The number of allylic oxidation sites excluding steroid dienone is 12. The molecule has 4 aliphatic rings. The van der Waals surface area contributed by atoms with Crippen LogP contribution in [-0.2, 0) is 10.8 Å². The molecule has 7 rings (SSSR count). The van der Waals surface area contributed by atoms with Crippen molar-refractivity contribution < 1.29 is 4.42 Å². The molecule has 1 saturated carbocycles. The van der Waals surface area contributed by atoms with E-state index in [4.69, 9.17) is 4.42 Å². The third kappa shape index (κ3) is 12.5. The van der Waals surface area contributed by atoms with Gasteiger partial charge in [0.15, 0.2) is 0 Å². The minimum atomic E-state index is -1.56. The van der Waals surface area contributed by atoms with E-state index >= 15 is 0 Å². The van der Waals surface area contributed by atoms with Crippen LogP contribution in [0.4, 0.5) is 0 Å². The molecule has 0 amide bonds. The van der Waals surface area contributed by atoms with E-state index in [-0.39, 0.29) is 38.5 Å². The standard InChI is InChI=1S/C64H88BN2OSi/c1-17-29-59(3,4)31-32-60(5,6)30-23-38-67(51-26-22-25-50(42-51)66-37-21-20-24-47-45-69(15,16)57-28-19-18-27-52(47)57)46(2)55(41-49-44-61(7,8)33-34-62(49,9)10)65-58-40-48-39-53-54(43-56(48)68-58)64(13,14)36-35-63(53,11)12/h17-24,26-30,37,39-43,45,50,66H,25,31-36,38,44H2,1-16H3/b24-20-,29-17+,30-23+,37-21+,49-41+,55-46-. The van der Waals surface area contributed by atoms with Gasteiger partial charge in [-0.25, -0.2) is 0 Å². The Hall–Kier alpha value is -4.48. The molecule has 1 aromatic heterocycles. The Kier molecular flexibility index (Phi) is 15.1. The molecule has 1 unspecified atom stereocenters. The molecule has 69 heavy (non-hydrogen) atoms. The van der Waals surface area contributed by atoms with Crippen LogP contribution >= 0.6 is 0 Å². The summed E-state index contributed by atoms with van der Waals surface area (Å²) in [6.07, 6.45) is 36.9. The summed E-state index contributed by atoms with van der Waals surface area (Å²) < 4.78 is 6.91. The van der Waals surface area contributed by atoms with Crippen LogP contribution in [0.15, 0.2) is 148 Å². The molecule has 5 heteroatoms. The van der Waals surface area contributed by atoms with Crippen LogP contribution in [0, 0.1) is 21.7 Å². The first-order valence-corrected chi connectivity index (χ1v) is 29.5. The first kappa shape index (κ1) is 52.3. The zero-order valence-corrected chi connectivity index (χ0v) is 46.9. The van der Waals surface area contributed by atoms with Crippen LogP contribution in [0.2, 0.25) is 13.1 Å². The largest absolute Gasteiger partial charge is 0.472 e. The van der Waals surface area contributed by atoms with Crippen molar-refractivity contribution in [1.82, 2.24) is 10.2 Å². The Morgan fingerprint density at radius 2 is 1.52 bits per heavy atom. The van der Waals surface area contributed by atoms with E-state index < -0.39 is 8.07 Å². The third-order valence-corrected chi connectivity index (χ3v) is 19.3. The molecule has 0 spiro atoms. The summed E-state index contributed by atoms with van der Waals surface area (Å²) in [6, 6.07) is 16.2. The van der Waals surface area contributed by atoms with Gasteiger partial charge in [0.05, 0.1) is 5.66 Å². The Morgan fingerprint density at radius 3 is 2.23 bits per heavy atom. The first-order chi connectivity index (χ1) is 32.2. The Labute approximate surface area is 422 Å². The maximum Gasteiger partial charge on any atom is 0.243 e. The number of furan rings is 1. The maximum absolute atomic E-state index is 6.91. The molecule has 2 heterocycles. The number of hydrogen-bond acceptors (Lipinski definition) is 3. The van der Waals surface area contributed by atoms with E-state index in [1.54, 1.807) is 0 Å². The molecule has 3 aliphatic carbocycles. The lowest BCUT2D eigenvalue weighted by Crippen LogP contribution is -2.37. The molecule has 2 aromatic carbocycles. The second-order valence-corrected chi connectivity index (χ2v) is 30.3. The number of rotatable bonds is 16. The van der Waals surface area contributed by atoms with Crippen molar-refractivity contribution in [2.45, 2.75) is 178 Å². The Bertz CT molecular complexity index is 2600. The summed E-state index contributed by atoms with van der Waals surface area (Å²) >= 11 is 0. The van der Waals surface area contributed by atoms with Gasteiger partial charge in [-0.1, -0.05) is 186 Å². The molecule has 1 aliphatic heterocycles. The second kappa shape index (κ2) is 20.0. The fourth-order valence-corrected chi connectivity index (χ4v) is 14.0. The van der Waals surface area contributed by atoms with E-state index in [0.29, 0.717) is 0 Å². The highest BCUT2D eigenvalue weighted by atomic mass is 28.3. The molecule has 1 atom stereocenters. The predicted molar refractivity (Wildman–Crippen MR) is 305 cm³/mol. The SMILES string of the molecule is C/C=C/C(C)(C)CCC(C)(C)/C=C/CN(C1=CC(N/C=C/C=C\C2=C[Si](C)(C)c3ccccc32)CC=C1)/C(C)=C([B]c1cc2cc3c(cc2o1)C(C)(C)CCC3(C)C)/C=C1\CC(C)(C)CCC1(C)C. The highest BCUT2D eigenvalue weighted by Gasteiger charge is 2.39. The van der Waals surface area contributed by atoms with Gasteiger partial charge in [-0.3, -0.25) is 0 Å². The van der Waals surface area contributed by atoms with E-state index in [2.05, 4.69) is 249 Å². The molecular weight excluding hydrogens is 852 g/mol. The van der Waals surface area contributed by atoms with Gasteiger partial charge in [0.2, 0.25) is 7.28 Å². The number of fused-ring (bicyclic) bond motifs is 3. The number of nitrogens with one attached hydrogen (secondary N) is 1. The van der Waals surface area contributed by atoms with Crippen LogP contribution in [-0.4, -0.2) is 32.8 Å². The lowest BCUT2D eigenvalue weighted by molar-refractivity contribution is 0.199. The molecule has 1 N–H and O–H groups in total. The van der Waals surface area contributed by atoms with Crippen LogP contribution in [0.3, 0.4) is 0 Å². The van der Waals surface area contributed by atoms with Gasteiger partial charge in [0, 0.05) is 29.4 Å². The van der Waals surface area contributed by atoms with Gasteiger partial charge < -0.3 is 14.6 Å². The lowest BCUT2D eigenvalue weighted by atomic mass is 9.60.